The van der Waals surface area contributed by atoms with Gasteiger partial charge in [-0.2, -0.15) is 0 Å². The molecule has 2 atom stereocenters. The van der Waals surface area contributed by atoms with E-state index in [2.05, 4.69) is 0 Å². The molecular weight excluding hydrogens is 224 g/mol. The van der Waals surface area contributed by atoms with Crippen LogP contribution in [0.15, 0.2) is 54.6 Å². The summed E-state index contributed by atoms with van der Waals surface area (Å²) in [5.74, 6) is 0.768. The van der Waals surface area contributed by atoms with Gasteiger partial charge in [-0.05, 0) is 31.5 Å². The van der Waals surface area contributed by atoms with Crippen molar-refractivity contribution in [3.05, 3.63) is 65.7 Å². The third-order valence-electron chi connectivity index (χ3n) is 2.85. The number of hydrogen-bond acceptors (Lipinski definition) is 2. The second-order valence-corrected chi connectivity index (χ2v) is 4.50. The summed E-state index contributed by atoms with van der Waals surface area (Å²) in [7, 11) is 0. The molecule has 0 aliphatic carbocycles. The van der Waals surface area contributed by atoms with Crippen LogP contribution < -0.4 is 4.74 Å². The Morgan fingerprint density at radius 2 is 1.56 bits per heavy atom. The zero-order valence-electron chi connectivity index (χ0n) is 10.7. The molecule has 0 saturated carbocycles. The highest BCUT2D eigenvalue weighted by molar-refractivity contribution is 5.27. The van der Waals surface area contributed by atoms with E-state index >= 15 is 0 Å². The van der Waals surface area contributed by atoms with Gasteiger partial charge >= 0.3 is 0 Å². The Morgan fingerprint density at radius 1 is 0.944 bits per heavy atom. The van der Waals surface area contributed by atoms with E-state index in [4.69, 9.17) is 4.74 Å². The fourth-order valence-electron chi connectivity index (χ4n) is 1.85. The van der Waals surface area contributed by atoms with E-state index in [9.17, 15) is 5.11 Å². The van der Waals surface area contributed by atoms with Gasteiger partial charge < -0.3 is 9.84 Å². The Bertz CT molecular complexity index is 474. The number of aryl methyl sites for hydroxylation is 1. The molecule has 0 radical (unpaired) electrons. The molecule has 2 aromatic rings. The van der Waals surface area contributed by atoms with Gasteiger partial charge in [0.2, 0.25) is 0 Å². The number of rotatable bonds is 4. The Morgan fingerprint density at radius 3 is 2.11 bits per heavy atom. The van der Waals surface area contributed by atoms with Crippen LogP contribution in [0.3, 0.4) is 0 Å². The van der Waals surface area contributed by atoms with Crippen LogP contribution in [0.2, 0.25) is 0 Å². The smallest absolute Gasteiger partial charge is 0.149 e. The van der Waals surface area contributed by atoms with E-state index in [-0.39, 0.29) is 6.10 Å². The van der Waals surface area contributed by atoms with Gasteiger partial charge in [0, 0.05) is 0 Å². The van der Waals surface area contributed by atoms with E-state index in [0.717, 1.165) is 11.3 Å². The van der Waals surface area contributed by atoms with Crippen molar-refractivity contribution in [3.63, 3.8) is 0 Å². The fourth-order valence-corrected chi connectivity index (χ4v) is 1.85. The SMILES string of the molecule is Cc1ccc([C@@H](Oc2ccccc2)[C@H](C)O)cc1. The van der Waals surface area contributed by atoms with E-state index in [1.807, 2.05) is 61.5 Å². The monoisotopic (exact) mass is 242 g/mol. The molecule has 18 heavy (non-hydrogen) atoms. The van der Waals surface area contributed by atoms with E-state index in [1.54, 1.807) is 6.92 Å². The summed E-state index contributed by atoms with van der Waals surface area (Å²) >= 11 is 0. The average Bonchev–Trinajstić information content (AvgIpc) is 2.38. The Kier molecular flexibility index (Phi) is 4.00. The quantitative estimate of drug-likeness (QED) is 0.889. The maximum absolute atomic E-state index is 9.87. The highest BCUT2D eigenvalue weighted by Crippen LogP contribution is 2.25. The second-order valence-electron chi connectivity index (χ2n) is 4.50. The first-order valence-corrected chi connectivity index (χ1v) is 6.13. The molecule has 2 nitrogen and oxygen atoms in total. The minimum atomic E-state index is -0.562. The first kappa shape index (κ1) is 12.7. The van der Waals surface area contributed by atoms with Crippen LogP contribution in [0.1, 0.15) is 24.2 Å². The third kappa shape index (κ3) is 3.11. The molecule has 0 aliphatic heterocycles. The molecular formula is C16H18O2. The zero-order valence-corrected chi connectivity index (χ0v) is 10.7. The summed E-state index contributed by atoms with van der Waals surface area (Å²) in [6, 6.07) is 17.6. The highest BCUT2D eigenvalue weighted by atomic mass is 16.5. The first-order valence-electron chi connectivity index (χ1n) is 6.13. The summed E-state index contributed by atoms with van der Waals surface area (Å²) in [4.78, 5) is 0. The molecule has 0 aliphatic rings. The second kappa shape index (κ2) is 5.69. The van der Waals surface area contributed by atoms with Crippen LogP contribution in [0.5, 0.6) is 5.75 Å². The summed E-state index contributed by atoms with van der Waals surface area (Å²) < 4.78 is 5.85. The van der Waals surface area contributed by atoms with Crippen molar-refractivity contribution in [2.45, 2.75) is 26.1 Å². The number of aliphatic hydroxyl groups excluding tert-OH is 1. The van der Waals surface area contributed by atoms with Crippen LogP contribution in [-0.4, -0.2) is 11.2 Å². The molecule has 94 valence electrons. The van der Waals surface area contributed by atoms with Gasteiger partial charge in [-0.25, -0.2) is 0 Å². The zero-order chi connectivity index (χ0) is 13.0. The predicted octanol–water partition coefficient (Wildman–Crippen LogP) is 3.50. The van der Waals surface area contributed by atoms with Gasteiger partial charge in [0.05, 0.1) is 6.10 Å². The molecule has 2 aromatic carbocycles. The lowest BCUT2D eigenvalue weighted by Crippen LogP contribution is -2.20. The maximum Gasteiger partial charge on any atom is 0.149 e. The molecule has 0 saturated heterocycles. The summed E-state index contributed by atoms with van der Waals surface area (Å²) in [5.41, 5.74) is 2.18. The van der Waals surface area contributed by atoms with Crippen molar-refractivity contribution in [2.75, 3.05) is 0 Å². The molecule has 0 unspecified atom stereocenters. The number of para-hydroxylation sites is 1. The summed E-state index contributed by atoms with van der Waals surface area (Å²) in [6.07, 6.45) is -0.902. The molecule has 0 fully saturated rings. The normalized spacial score (nSPS) is 13.9. The van der Waals surface area contributed by atoms with Gasteiger partial charge in [0.1, 0.15) is 11.9 Å². The number of ether oxygens (including phenoxy) is 1. The fraction of sp³-hybridized carbons (Fsp3) is 0.250. The van der Waals surface area contributed by atoms with Crippen LogP contribution in [0, 0.1) is 6.92 Å². The number of benzene rings is 2. The van der Waals surface area contributed by atoms with Crippen LogP contribution in [0.4, 0.5) is 0 Å². The van der Waals surface area contributed by atoms with Crippen molar-refractivity contribution in [3.8, 4) is 5.75 Å². The Labute approximate surface area is 108 Å². The molecule has 0 aromatic heterocycles. The lowest BCUT2D eigenvalue weighted by atomic mass is 10.0. The number of aliphatic hydroxyl groups is 1. The molecule has 0 bridgehead atoms. The van der Waals surface area contributed by atoms with Crippen molar-refractivity contribution in [2.24, 2.45) is 0 Å². The largest absolute Gasteiger partial charge is 0.483 e. The van der Waals surface area contributed by atoms with Gasteiger partial charge in [-0.3, -0.25) is 0 Å². The van der Waals surface area contributed by atoms with Crippen molar-refractivity contribution >= 4 is 0 Å². The van der Waals surface area contributed by atoms with E-state index in [0.29, 0.717) is 0 Å². The van der Waals surface area contributed by atoms with Crippen molar-refractivity contribution < 1.29 is 9.84 Å². The maximum atomic E-state index is 9.87. The van der Waals surface area contributed by atoms with Crippen molar-refractivity contribution in [1.29, 1.82) is 0 Å². The van der Waals surface area contributed by atoms with Gasteiger partial charge in [0.15, 0.2) is 0 Å². The van der Waals surface area contributed by atoms with Crippen LogP contribution >= 0.6 is 0 Å². The Hall–Kier alpha value is -1.80. The van der Waals surface area contributed by atoms with E-state index < -0.39 is 6.10 Å². The summed E-state index contributed by atoms with van der Waals surface area (Å²) in [5, 5.41) is 9.87. The van der Waals surface area contributed by atoms with Gasteiger partial charge in [0.25, 0.3) is 0 Å². The van der Waals surface area contributed by atoms with Crippen molar-refractivity contribution in [1.82, 2.24) is 0 Å². The Balaban J connectivity index is 2.21. The minimum absolute atomic E-state index is 0.340. The van der Waals surface area contributed by atoms with E-state index in [1.165, 1.54) is 5.56 Å². The predicted molar refractivity (Wildman–Crippen MR) is 72.7 cm³/mol. The number of hydrogen-bond donors (Lipinski definition) is 1. The molecule has 0 amide bonds. The van der Waals surface area contributed by atoms with Crippen LogP contribution in [-0.2, 0) is 0 Å². The molecule has 0 heterocycles. The third-order valence-corrected chi connectivity index (χ3v) is 2.85. The lowest BCUT2D eigenvalue weighted by molar-refractivity contribution is 0.0480. The molecule has 0 spiro atoms. The van der Waals surface area contributed by atoms with Gasteiger partial charge in [-0.15, -0.1) is 0 Å². The van der Waals surface area contributed by atoms with Crippen LogP contribution in [0.25, 0.3) is 0 Å². The van der Waals surface area contributed by atoms with Gasteiger partial charge in [-0.1, -0.05) is 48.0 Å². The highest BCUT2D eigenvalue weighted by Gasteiger charge is 2.19. The summed E-state index contributed by atoms with van der Waals surface area (Å²) in [6.45, 7) is 3.78. The average molecular weight is 242 g/mol. The molecule has 2 rings (SSSR count). The first-order chi connectivity index (χ1) is 8.66. The minimum Gasteiger partial charge on any atom is -0.483 e. The molecule has 2 heteroatoms. The standard InChI is InChI=1S/C16H18O2/c1-12-8-10-14(11-9-12)16(13(2)17)18-15-6-4-3-5-7-15/h3-11,13,16-17H,1-2H3/t13-,16-/m0/s1. The molecule has 1 N–H and O–H groups in total. The topological polar surface area (TPSA) is 29.5 Å². The lowest BCUT2D eigenvalue weighted by Gasteiger charge is -2.22.